The second kappa shape index (κ2) is 6.46. The van der Waals surface area contributed by atoms with Crippen LogP contribution in [0.3, 0.4) is 0 Å². The summed E-state index contributed by atoms with van der Waals surface area (Å²) in [4.78, 5) is 2.37. The van der Waals surface area contributed by atoms with E-state index in [1.54, 1.807) is 0 Å². The van der Waals surface area contributed by atoms with Crippen molar-refractivity contribution in [3.8, 4) is 0 Å². The molecule has 0 aromatic carbocycles. The molecular formula is C12H26N2O. The Balaban J connectivity index is 2.09. The first-order valence-electron chi connectivity index (χ1n) is 6.15. The zero-order valence-corrected chi connectivity index (χ0v) is 10.6. The first-order valence-corrected chi connectivity index (χ1v) is 6.15. The van der Waals surface area contributed by atoms with Crippen LogP contribution in [0, 0.1) is 0 Å². The van der Waals surface area contributed by atoms with Crippen LogP contribution in [0.15, 0.2) is 0 Å². The fourth-order valence-corrected chi connectivity index (χ4v) is 1.89. The standard InChI is InChI=1S/C12H26N2O/c1-10(2)14(4)7-6-13-12-5-8-15-11(3)9-12/h10-13H,5-9H2,1-4H3. The third-order valence-electron chi connectivity index (χ3n) is 3.26. The maximum absolute atomic E-state index is 5.52. The van der Waals surface area contributed by atoms with E-state index in [-0.39, 0.29) is 0 Å². The largest absolute Gasteiger partial charge is 0.378 e. The Hall–Kier alpha value is -0.120. The lowest BCUT2D eigenvalue weighted by atomic mass is 10.0. The van der Waals surface area contributed by atoms with Crippen LogP contribution >= 0.6 is 0 Å². The van der Waals surface area contributed by atoms with Crippen molar-refractivity contribution in [1.29, 1.82) is 0 Å². The van der Waals surface area contributed by atoms with Crippen molar-refractivity contribution < 1.29 is 4.74 Å². The highest BCUT2D eigenvalue weighted by atomic mass is 16.5. The van der Waals surface area contributed by atoms with Gasteiger partial charge in [-0.3, -0.25) is 0 Å². The summed E-state index contributed by atoms with van der Waals surface area (Å²) >= 11 is 0. The van der Waals surface area contributed by atoms with Gasteiger partial charge < -0.3 is 15.0 Å². The lowest BCUT2D eigenvalue weighted by Crippen LogP contribution is -2.42. The van der Waals surface area contributed by atoms with Gasteiger partial charge in [0.25, 0.3) is 0 Å². The van der Waals surface area contributed by atoms with Crippen LogP contribution in [0.5, 0.6) is 0 Å². The minimum atomic E-state index is 0.430. The molecule has 0 bridgehead atoms. The maximum atomic E-state index is 5.52. The third kappa shape index (κ3) is 4.96. The smallest absolute Gasteiger partial charge is 0.0561 e. The van der Waals surface area contributed by atoms with Gasteiger partial charge >= 0.3 is 0 Å². The molecule has 3 nitrogen and oxygen atoms in total. The van der Waals surface area contributed by atoms with Crippen LogP contribution in [0.25, 0.3) is 0 Å². The van der Waals surface area contributed by atoms with E-state index in [0.717, 1.165) is 32.5 Å². The van der Waals surface area contributed by atoms with Crippen LogP contribution in [0.4, 0.5) is 0 Å². The lowest BCUT2D eigenvalue weighted by molar-refractivity contribution is 0.0130. The molecular weight excluding hydrogens is 188 g/mol. The molecule has 0 radical (unpaired) electrons. The van der Waals surface area contributed by atoms with Crippen molar-refractivity contribution in [1.82, 2.24) is 10.2 Å². The van der Waals surface area contributed by atoms with Crippen molar-refractivity contribution in [3.05, 3.63) is 0 Å². The molecule has 15 heavy (non-hydrogen) atoms. The predicted molar refractivity (Wildman–Crippen MR) is 64.2 cm³/mol. The molecule has 1 heterocycles. The molecule has 2 atom stereocenters. The van der Waals surface area contributed by atoms with Gasteiger partial charge in [0.15, 0.2) is 0 Å². The van der Waals surface area contributed by atoms with Crippen LogP contribution in [-0.4, -0.2) is 49.8 Å². The predicted octanol–water partition coefficient (Wildman–Crippen LogP) is 1.48. The summed E-state index contributed by atoms with van der Waals surface area (Å²) in [7, 11) is 2.18. The average molecular weight is 214 g/mol. The van der Waals surface area contributed by atoms with E-state index in [1.807, 2.05) is 0 Å². The average Bonchev–Trinajstić information content (AvgIpc) is 2.17. The summed E-state index contributed by atoms with van der Waals surface area (Å²) in [5.41, 5.74) is 0. The zero-order chi connectivity index (χ0) is 11.3. The van der Waals surface area contributed by atoms with Crippen LogP contribution < -0.4 is 5.32 Å². The molecule has 0 saturated carbocycles. The van der Waals surface area contributed by atoms with Gasteiger partial charge in [0.05, 0.1) is 6.10 Å². The topological polar surface area (TPSA) is 24.5 Å². The van der Waals surface area contributed by atoms with Crippen LogP contribution in [0.2, 0.25) is 0 Å². The molecule has 1 fully saturated rings. The normalized spacial score (nSPS) is 27.6. The van der Waals surface area contributed by atoms with E-state index in [4.69, 9.17) is 4.74 Å². The molecule has 1 rings (SSSR count). The van der Waals surface area contributed by atoms with E-state index < -0.39 is 0 Å². The molecule has 3 heteroatoms. The summed E-state index contributed by atoms with van der Waals surface area (Å²) in [5, 5.41) is 3.62. The number of rotatable bonds is 5. The Morgan fingerprint density at radius 2 is 2.20 bits per heavy atom. The zero-order valence-electron chi connectivity index (χ0n) is 10.6. The van der Waals surface area contributed by atoms with E-state index in [9.17, 15) is 0 Å². The molecule has 1 aliphatic rings. The van der Waals surface area contributed by atoms with Crippen molar-refractivity contribution in [3.63, 3.8) is 0 Å². The summed E-state index contributed by atoms with van der Waals surface area (Å²) in [6.45, 7) is 9.76. The van der Waals surface area contributed by atoms with Crippen LogP contribution in [-0.2, 0) is 4.74 Å². The monoisotopic (exact) mass is 214 g/mol. The van der Waals surface area contributed by atoms with Crippen molar-refractivity contribution in [2.75, 3.05) is 26.7 Å². The molecule has 0 aliphatic carbocycles. The molecule has 0 aromatic heterocycles. The number of ether oxygens (including phenoxy) is 1. The first kappa shape index (κ1) is 12.9. The van der Waals surface area contributed by atoms with Crippen LogP contribution in [0.1, 0.15) is 33.6 Å². The molecule has 1 aliphatic heterocycles. The Bertz CT molecular complexity index is 173. The number of nitrogens with one attached hydrogen (secondary N) is 1. The highest BCUT2D eigenvalue weighted by Gasteiger charge is 2.18. The maximum Gasteiger partial charge on any atom is 0.0561 e. The molecule has 2 unspecified atom stereocenters. The number of hydrogen-bond acceptors (Lipinski definition) is 3. The van der Waals surface area contributed by atoms with Gasteiger partial charge in [-0.05, 0) is 40.7 Å². The second-order valence-electron chi connectivity index (χ2n) is 4.93. The summed E-state index contributed by atoms with van der Waals surface area (Å²) in [5.74, 6) is 0. The van der Waals surface area contributed by atoms with Gasteiger partial charge in [-0.25, -0.2) is 0 Å². The highest BCUT2D eigenvalue weighted by molar-refractivity contribution is 4.75. The fraction of sp³-hybridized carbons (Fsp3) is 1.00. The quantitative estimate of drug-likeness (QED) is 0.750. The third-order valence-corrected chi connectivity index (χ3v) is 3.26. The van der Waals surface area contributed by atoms with Gasteiger partial charge in [0, 0.05) is 31.8 Å². The minimum absolute atomic E-state index is 0.430. The van der Waals surface area contributed by atoms with Crippen molar-refractivity contribution in [2.45, 2.75) is 51.8 Å². The fourth-order valence-electron chi connectivity index (χ4n) is 1.89. The Morgan fingerprint density at radius 1 is 1.47 bits per heavy atom. The number of hydrogen-bond donors (Lipinski definition) is 1. The number of nitrogens with zero attached hydrogens (tertiary/aromatic N) is 1. The van der Waals surface area contributed by atoms with Gasteiger partial charge in [-0.1, -0.05) is 0 Å². The van der Waals surface area contributed by atoms with Crippen molar-refractivity contribution in [2.24, 2.45) is 0 Å². The van der Waals surface area contributed by atoms with E-state index in [2.05, 4.69) is 38.0 Å². The Labute approximate surface area is 94.2 Å². The van der Waals surface area contributed by atoms with E-state index in [1.165, 1.54) is 0 Å². The summed E-state index contributed by atoms with van der Waals surface area (Å²) in [6.07, 6.45) is 2.75. The highest BCUT2D eigenvalue weighted by Crippen LogP contribution is 2.12. The minimum Gasteiger partial charge on any atom is -0.378 e. The summed E-state index contributed by atoms with van der Waals surface area (Å²) in [6, 6.07) is 1.30. The Kier molecular flexibility index (Phi) is 5.58. The van der Waals surface area contributed by atoms with Gasteiger partial charge in [0.1, 0.15) is 0 Å². The second-order valence-corrected chi connectivity index (χ2v) is 4.93. The van der Waals surface area contributed by atoms with Crippen molar-refractivity contribution >= 4 is 0 Å². The molecule has 0 aromatic rings. The van der Waals surface area contributed by atoms with E-state index in [0.29, 0.717) is 18.2 Å². The molecule has 90 valence electrons. The SMILES string of the molecule is CC1CC(NCCN(C)C(C)C)CCO1. The molecule has 1 N–H and O–H groups in total. The Morgan fingerprint density at radius 3 is 2.80 bits per heavy atom. The van der Waals surface area contributed by atoms with Gasteiger partial charge in [0.2, 0.25) is 0 Å². The lowest BCUT2D eigenvalue weighted by Gasteiger charge is -2.29. The number of likely N-dealkylation sites (N-methyl/N-ethyl adjacent to an activating group) is 1. The van der Waals surface area contributed by atoms with Gasteiger partial charge in [-0.15, -0.1) is 0 Å². The molecule has 0 amide bonds. The van der Waals surface area contributed by atoms with E-state index >= 15 is 0 Å². The first-order chi connectivity index (χ1) is 7.09. The molecule has 1 saturated heterocycles. The summed E-state index contributed by atoms with van der Waals surface area (Å²) < 4.78 is 5.52. The van der Waals surface area contributed by atoms with Gasteiger partial charge in [-0.2, -0.15) is 0 Å². The molecule has 0 spiro atoms.